The summed E-state index contributed by atoms with van der Waals surface area (Å²) in [6.45, 7) is 1.25. The minimum Gasteiger partial charge on any atom is -0.481 e. The lowest BCUT2D eigenvalue weighted by atomic mass is 9.80. The number of rotatable bonds is 3. The molecule has 1 amide bonds. The topological polar surface area (TPSA) is 57.6 Å². The number of carboxylic acid groups (broad SMARTS) is 1. The zero-order valence-electron chi connectivity index (χ0n) is 12.6. The molecule has 0 aromatic rings. The molecule has 2 aliphatic rings. The Bertz CT molecular complexity index is 430. The molecule has 0 bridgehead atoms. The normalized spacial score (nSPS) is 33.0. The predicted molar refractivity (Wildman–Crippen MR) is 73.0 cm³/mol. The fourth-order valence-corrected chi connectivity index (χ4v) is 3.64. The molecule has 126 valence electrons. The van der Waals surface area contributed by atoms with E-state index in [9.17, 15) is 22.8 Å². The van der Waals surface area contributed by atoms with Crippen LogP contribution < -0.4 is 0 Å². The third-order valence-electron chi connectivity index (χ3n) is 5.14. The van der Waals surface area contributed by atoms with Crippen LogP contribution in [0.2, 0.25) is 0 Å². The molecular weight excluding hydrogens is 299 g/mol. The molecular formula is C15H22F3NO3. The second-order valence-corrected chi connectivity index (χ2v) is 6.46. The molecule has 2 atom stereocenters. The molecule has 22 heavy (non-hydrogen) atoms. The Labute approximate surface area is 127 Å². The van der Waals surface area contributed by atoms with Gasteiger partial charge in [0.15, 0.2) is 0 Å². The fourth-order valence-electron chi connectivity index (χ4n) is 3.64. The zero-order valence-corrected chi connectivity index (χ0v) is 12.6. The van der Waals surface area contributed by atoms with Gasteiger partial charge < -0.3 is 10.0 Å². The van der Waals surface area contributed by atoms with Crippen molar-refractivity contribution in [2.75, 3.05) is 13.1 Å². The summed E-state index contributed by atoms with van der Waals surface area (Å²) < 4.78 is 38.8. The molecule has 0 aromatic carbocycles. The molecule has 0 aromatic heterocycles. The molecule has 0 spiro atoms. The van der Waals surface area contributed by atoms with Gasteiger partial charge in [-0.3, -0.25) is 9.59 Å². The minimum absolute atomic E-state index is 0.246. The third kappa shape index (κ3) is 3.55. The summed E-state index contributed by atoms with van der Waals surface area (Å²) in [4.78, 5) is 24.6. The summed E-state index contributed by atoms with van der Waals surface area (Å²) in [5.41, 5.74) is 0. The molecule has 0 radical (unpaired) electrons. The number of carbonyl (C=O) groups is 2. The summed E-state index contributed by atoms with van der Waals surface area (Å²) in [5.74, 6) is -4.93. The number of hydrogen-bond acceptors (Lipinski definition) is 2. The van der Waals surface area contributed by atoms with Crippen molar-refractivity contribution in [3.63, 3.8) is 0 Å². The van der Waals surface area contributed by atoms with E-state index >= 15 is 0 Å². The monoisotopic (exact) mass is 321 g/mol. The molecule has 7 heteroatoms. The number of carbonyl (C=O) groups excluding carboxylic acids is 1. The van der Waals surface area contributed by atoms with Gasteiger partial charge in [-0.05, 0) is 31.6 Å². The smallest absolute Gasteiger partial charge is 0.394 e. The molecule has 1 heterocycles. The number of alkyl halides is 3. The van der Waals surface area contributed by atoms with E-state index in [4.69, 9.17) is 5.11 Å². The quantitative estimate of drug-likeness (QED) is 0.869. The molecule has 2 rings (SSSR count). The van der Waals surface area contributed by atoms with E-state index in [1.807, 2.05) is 0 Å². The average Bonchev–Trinajstić information content (AvgIpc) is 2.92. The van der Waals surface area contributed by atoms with Crippen LogP contribution in [0, 0.1) is 23.7 Å². The van der Waals surface area contributed by atoms with Crippen LogP contribution in [0.25, 0.3) is 0 Å². The van der Waals surface area contributed by atoms with Gasteiger partial charge >= 0.3 is 12.1 Å². The van der Waals surface area contributed by atoms with Crippen molar-refractivity contribution in [3.05, 3.63) is 0 Å². The Morgan fingerprint density at radius 2 is 1.73 bits per heavy atom. The predicted octanol–water partition coefficient (Wildman–Crippen LogP) is 2.92. The van der Waals surface area contributed by atoms with Crippen molar-refractivity contribution >= 4 is 11.9 Å². The van der Waals surface area contributed by atoms with Gasteiger partial charge in [-0.1, -0.05) is 13.3 Å². The fraction of sp³-hybridized carbons (Fsp3) is 0.867. The van der Waals surface area contributed by atoms with E-state index in [2.05, 4.69) is 6.92 Å². The van der Waals surface area contributed by atoms with Crippen LogP contribution in [0.5, 0.6) is 0 Å². The van der Waals surface area contributed by atoms with E-state index in [1.54, 1.807) is 0 Å². The molecule has 0 unspecified atom stereocenters. The van der Waals surface area contributed by atoms with Crippen molar-refractivity contribution in [3.8, 4) is 0 Å². The number of carboxylic acids is 1. The van der Waals surface area contributed by atoms with E-state index in [1.165, 1.54) is 0 Å². The Morgan fingerprint density at radius 1 is 1.14 bits per heavy atom. The molecule has 2 fully saturated rings. The highest BCUT2D eigenvalue weighted by Crippen LogP contribution is 2.39. The summed E-state index contributed by atoms with van der Waals surface area (Å²) in [7, 11) is 0. The number of likely N-dealkylation sites (tertiary alicyclic amines) is 1. The lowest BCUT2D eigenvalue weighted by molar-refractivity contribution is -0.188. The number of nitrogens with zero attached hydrogens (tertiary/aromatic N) is 1. The van der Waals surface area contributed by atoms with Crippen LogP contribution >= 0.6 is 0 Å². The van der Waals surface area contributed by atoms with Crippen LogP contribution in [-0.2, 0) is 9.59 Å². The largest absolute Gasteiger partial charge is 0.481 e. The maximum atomic E-state index is 12.9. The Hall–Kier alpha value is -1.27. The van der Waals surface area contributed by atoms with Crippen LogP contribution in [0.15, 0.2) is 0 Å². The van der Waals surface area contributed by atoms with Crippen molar-refractivity contribution in [2.45, 2.75) is 45.2 Å². The number of aliphatic carboxylic acids is 1. The van der Waals surface area contributed by atoms with E-state index in [0.29, 0.717) is 18.8 Å². The van der Waals surface area contributed by atoms with E-state index in [0.717, 1.165) is 24.2 Å². The number of amides is 1. The Morgan fingerprint density at radius 3 is 2.14 bits per heavy atom. The number of halogens is 3. The summed E-state index contributed by atoms with van der Waals surface area (Å²) >= 11 is 0. The van der Waals surface area contributed by atoms with Crippen LogP contribution in [0.4, 0.5) is 13.2 Å². The van der Waals surface area contributed by atoms with Gasteiger partial charge in [0.25, 0.3) is 0 Å². The van der Waals surface area contributed by atoms with Crippen LogP contribution in [0.3, 0.4) is 0 Å². The molecule has 4 nitrogen and oxygen atoms in total. The van der Waals surface area contributed by atoms with E-state index < -0.39 is 30.5 Å². The summed E-state index contributed by atoms with van der Waals surface area (Å²) in [6.07, 6.45) is -0.290. The van der Waals surface area contributed by atoms with Crippen LogP contribution in [-0.4, -0.2) is 41.1 Å². The first-order valence-corrected chi connectivity index (χ1v) is 7.82. The second kappa shape index (κ2) is 6.46. The highest BCUT2D eigenvalue weighted by molar-refractivity contribution is 5.81. The Balaban J connectivity index is 2.01. The first-order valence-electron chi connectivity index (χ1n) is 7.82. The lowest BCUT2D eigenvalue weighted by Gasteiger charge is -2.30. The van der Waals surface area contributed by atoms with Gasteiger partial charge in [0.05, 0.1) is 11.8 Å². The van der Waals surface area contributed by atoms with Gasteiger partial charge in [-0.2, -0.15) is 13.2 Å². The van der Waals surface area contributed by atoms with Crippen LogP contribution in [0.1, 0.15) is 39.0 Å². The first kappa shape index (κ1) is 17.1. The first-order chi connectivity index (χ1) is 10.2. The maximum absolute atomic E-state index is 12.9. The zero-order chi connectivity index (χ0) is 16.5. The molecule has 1 aliphatic heterocycles. The van der Waals surface area contributed by atoms with Crippen molar-refractivity contribution in [1.29, 1.82) is 0 Å². The minimum atomic E-state index is -4.59. The SMILES string of the molecule is CCC1CCC(C(=O)N2C[C@@H](C(F)(F)F)[C@H](C(=O)O)C2)CC1. The van der Waals surface area contributed by atoms with Gasteiger partial charge in [-0.25, -0.2) is 0 Å². The molecule has 1 saturated carbocycles. The van der Waals surface area contributed by atoms with Crippen molar-refractivity contribution in [1.82, 2.24) is 4.90 Å². The van der Waals surface area contributed by atoms with Gasteiger partial charge in [0.1, 0.15) is 0 Å². The molecule has 1 aliphatic carbocycles. The maximum Gasteiger partial charge on any atom is 0.394 e. The van der Waals surface area contributed by atoms with Gasteiger partial charge in [-0.15, -0.1) is 0 Å². The highest BCUT2D eigenvalue weighted by Gasteiger charge is 2.54. The van der Waals surface area contributed by atoms with Gasteiger partial charge in [0, 0.05) is 19.0 Å². The summed E-state index contributed by atoms with van der Waals surface area (Å²) in [6, 6.07) is 0. The molecule has 1 saturated heterocycles. The molecule has 1 N–H and O–H groups in total. The highest BCUT2D eigenvalue weighted by atomic mass is 19.4. The van der Waals surface area contributed by atoms with Crippen molar-refractivity contribution < 1.29 is 27.9 Å². The van der Waals surface area contributed by atoms with Gasteiger partial charge in [0.2, 0.25) is 5.91 Å². The van der Waals surface area contributed by atoms with Crippen molar-refractivity contribution in [2.24, 2.45) is 23.7 Å². The third-order valence-corrected chi connectivity index (χ3v) is 5.14. The number of hydrogen-bond donors (Lipinski definition) is 1. The second-order valence-electron chi connectivity index (χ2n) is 6.46. The summed E-state index contributed by atoms with van der Waals surface area (Å²) in [5, 5.41) is 8.99. The average molecular weight is 321 g/mol. The Kier molecular flexibility index (Phi) is 5.02. The standard InChI is InChI=1S/C15H22F3NO3/c1-2-9-3-5-10(6-4-9)13(20)19-7-11(14(21)22)12(8-19)15(16,17)18/h9-12H,2-8H2,1H3,(H,21,22)/t9?,10?,11-,12-/m1/s1. The lowest BCUT2D eigenvalue weighted by Crippen LogP contribution is -2.37. The van der Waals surface area contributed by atoms with E-state index in [-0.39, 0.29) is 18.4 Å².